The number of rotatable bonds is 12. The molecule has 1 aromatic carbocycles. The number of aliphatic hydroxyl groups excluding tert-OH is 1. The highest BCUT2D eigenvalue weighted by atomic mass is 32.2. The second kappa shape index (κ2) is 13.3. The molecule has 40 heavy (non-hydrogen) atoms. The highest BCUT2D eigenvalue weighted by Gasteiger charge is 2.26. The third-order valence-corrected chi connectivity index (χ3v) is 9.24. The summed E-state index contributed by atoms with van der Waals surface area (Å²) in [4.78, 5) is 11.9. The normalized spacial score (nSPS) is 20.6. The third kappa shape index (κ3) is 6.98. The van der Waals surface area contributed by atoms with Crippen LogP contribution in [0.5, 0.6) is 0 Å². The molecule has 2 fully saturated rings. The van der Waals surface area contributed by atoms with E-state index in [1.807, 2.05) is 4.68 Å². The van der Waals surface area contributed by atoms with Crippen molar-refractivity contribution in [1.29, 1.82) is 0 Å². The first-order chi connectivity index (χ1) is 19.4. The lowest BCUT2D eigenvalue weighted by atomic mass is 9.93. The lowest BCUT2D eigenvalue weighted by molar-refractivity contribution is 0.0376. The largest absolute Gasteiger partial charge is 0.393 e. The standard InChI is InChI=1S/C28H41N7O4S/c1-2-3-13-29-28-30-20-25-26(33-35(27(25)32-28)22-7-9-23(36)10-8-22)21-5-11-24(12-6-21)40(37,38)31-14-4-15-34-16-18-39-19-17-34/h5-6,11-12,20,22-23,31,36H,2-4,7-10,13-19H2,1H3,(H,29,30,32)/t22-,23+. The van der Waals surface area contributed by atoms with Crippen molar-refractivity contribution in [3.63, 3.8) is 0 Å². The van der Waals surface area contributed by atoms with E-state index in [1.54, 1.807) is 30.5 Å². The van der Waals surface area contributed by atoms with Crippen LogP contribution in [0.4, 0.5) is 5.95 Å². The van der Waals surface area contributed by atoms with Gasteiger partial charge in [-0.1, -0.05) is 25.5 Å². The van der Waals surface area contributed by atoms with Crippen LogP contribution in [-0.4, -0.2) is 90.2 Å². The Morgan fingerprint density at radius 3 is 2.52 bits per heavy atom. The lowest BCUT2D eigenvalue weighted by Crippen LogP contribution is -2.38. The van der Waals surface area contributed by atoms with Crippen molar-refractivity contribution >= 4 is 27.0 Å². The molecule has 0 bridgehead atoms. The monoisotopic (exact) mass is 571 g/mol. The molecule has 1 aliphatic carbocycles. The van der Waals surface area contributed by atoms with Gasteiger partial charge >= 0.3 is 0 Å². The van der Waals surface area contributed by atoms with Gasteiger partial charge < -0.3 is 15.2 Å². The smallest absolute Gasteiger partial charge is 0.240 e. The quantitative estimate of drug-likeness (QED) is 0.280. The molecule has 0 atom stereocenters. The maximum absolute atomic E-state index is 12.9. The molecule has 1 aliphatic heterocycles. The van der Waals surface area contributed by atoms with Gasteiger partial charge in [-0.05, 0) is 57.2 Å². The van der Waals surface area contributed by atoms with E-state index in [0.29, 0.717) is 12.5 Å². The van der Waals surface area contributed by atoms with E-state index in [1.165, 1.54) is 0 Å². The van der Waals surface area contributed by atoms with Crippen LogP contribution in [-0.2, 0) is 14.8 Å². The molecule has 0 spiro atoms. The highest BCUT2D eigenvalue weighted by molar-refractivity contribution is 7.89. The maximum Gasteiger partial charge on any atom is 0.240 e. The van der Waals surface area contributed by atoms with Crippen molar-refractivity contribution in [2.75, 3.05) is 51.3 Å². The molecular weight excluding hydrogens is 530 g/mol. The summed E-state index contributed by atoms with van der Waals surface area (Å²) < 4.78 is 35.9. The zero-order valence-corrected chi connectivity index (χ0v) is 24.1. The van der Waals surface area contributed by atoms with Crippen LogP contribution >= 0.6 is 0 Å². The Kier molecular flexibility index (Phi) is 9.63. The molecule has 2 aliphatic rings. The van der Waals surface area contributed by atoms with Gasteiger partial charge in [0, 0.05) is 37.9 Å². The number of nitrogens with zero attached hydrogens (tertiary/aromatic N) is 5. The summed E-state index contributed by atoms with van der Waals surface area (Å²) in [6, 6.07) is 6.99. The molecule has 3 aromatic rings. The predicted octanol–water partition coefficient (Wildman–Crippen LogP) is 3.18. The molecule has 3 N–H and O–H groups in total. The van der Waals surface area contributed by atoms with E-state index in [0.717, 1.165) is 107 Å². The number of nitrogens with one attached hydrogen (secondary N) is 2. The highest BCUT2D eigenvalue weighted by Crippen LogP contribution is 2.34. The lowest BCUT2D eigenvalue weighted by Gasteiger charge is -2.26. The number of sulfonamides is 1. The minimum absolute atomic E-state index is 0.138. The summed E-state index contributed by atoms with van der Waals surface area (Å²) in [5.74, 6) is 0.575. The fourth-order valence-electron chi connectivity index (χ4n) is 5.37. The van der Waals surface area contributed by atoms with Gasteiger partial charge in [-0.25, -0.2) is 22.8 Å². The number of fused-ring (bicyclic) bond motifs is 1. The Morgan fingerprint density at radius 2 is 1.80 bits per heavy atom. The minimum atomic E-state index is -3.61. The summed E-state index contributed by atoms with van der Waals surface area (Å²) in [6.07, 6.45) is 7.52. The van der Waals surface area contributed by atoms with Crippen molar-refractivity contribution in [1.82, 2.24) is 29.4 Å². The number of aliphatic hydroxyl groups is 1. The minimum Gasteiger partial charge on any atom is -0.393 e. The second-order valence-electron chi connectivity index (χ2n) is 10.7. The molecule has 5 rings (SSSR count). The van der Waals surface area contributed by atoms with Crippen molar-refractivity contribution in [2.45, 2.75) is 68.9 Å². The molecule has 1 saturated carbocycles. The van der Waals surface area contributed by atoms with Gasteiger partial charge in [0.25, 0.3) is 0 Å². The first-order valence-corrected chi connectivity index (χ1v) is 16.0. The van der Waals surface area contributed by atoms with Gasteiger partial charge in [-0.3, -0.25) is 4.90 Å². The zero-order valence-electron chi connectivity index (χ0n) is 23.3. The van der Waals surface area contributed by atoms with Crippen LogP contribution in [0.3, 0.4) is 0 Å². The molecule has 218 valence electrons. The van der Waals surface area contributed by atoms with E-state index in [2.05, 4.69) is 26.8 Å². The molecule has 2 aromatic heterocycles. The Bertz CT molecular complexity index is 1350. The van der Waals surface area contributed by atoms with Gasteiger partial charge in [0.2, 0.25) is 16.0 Å². The number of hydrogen-bond donors (Lipinski definition) is 3. The molecule has 12 heteroatoms. The molecule has 0 unspecified atom stereocenters. The van der Waals surface area contributed by atoms with Crippen molar-refractivity contribution < 1.29 is 18.3 Å². The number of unbranched alkanes of at least 4 members (excludes halogenated alkanes) is 1. The first-order valence-electron chi connectivity index (χ1n) is 14.5. The van der Waals surface area contributed by atoms with Crippen LogP contribution in [0.25, 0.3) is 22.3 Å². The number of morpholine rings is 1. The van der Waals surface area contributed by atoms with E-state index in [-0.39, 0.29) is 17.0 Å². The molecule has 0 amide bonds. The number of benzene rings is 1. The molecule has 0 radical (unpaired) electrons. The first kappa shape index (κ1) is 28.9. The molecule has 3 heterocycles. The van der Waals surface area contributed by atoms with Gasteiger partial charge in [0.05, 0.1) is 35.6 Å². The zero-order chi connectivity index (χ0) is 28.0. The van der Waals surface area contributed by atoms with Gasteiger partial charge in [0.15, 0.2) is 5.65 Å². The predicted molar refractivity (Wildman–Crippen MR) is 155 cm³/mol. The Hall–Kier alpha value is -2.64. The SMILES string of the molecule is CCCCNc1ncc2c(-c3ccc(S(=O)(=O)NCCCN4CCOCC4)cc3)nn([C@H]3CC[C@@H](O)CC3)c2n1. The summed E-state index contributed by atoms with van der Waals surface area (Å²) in [5.41, 5.74) is 2.29. The molecular formula is C28H41N7O4S. The Morgan fingerprint density at radius 1 is 1.05 bits per heavy atom. The van der Waals surface area contributed by atoms with Crippen molar-refractivity contribution in [3.05, 3.63) is 30.5 Å². The van der Waals surface area contributed by atoms with Crippen LogP contribution in [0.2, 0.25) is 0 Å². The summed E-state index contributed by atoms with van der Waals surface area (Å²) >= 11 is 0. The Balaban J connectivity index is 1.33. The molecule has 1 saturated heterocycles. The number of hydrogen-bond acceptors (Lipinski definition) is 9. The van der Waals surface area contributed by atoms with Gasteiger partial charge in [0.1, 0.15) is 5.69 Å². The van der Waals surface area contributed by atoms with E-state index in [4.69, 9.17) is 14.8 Å². The topological polar surface area (TPSA) is 134 Å². The van der Waals surface area contributed by atoms with Crippen LogP contribution in [0, 0.1) is 0 Å². The Labute approximate surface area is 236 Å². The fourth-order valence-corrected chi connectivity index (χ4v) is 6.44. The van der Waals surface area contributed by atoms with Crippen LogP contribution < -0.4 is 10.0 Å². The number of ether oxygens (including phenoxy) is 1. The van der Waals surface area contributed by atoms with E-state index in [9.17, 15) is 13.5 Å². The summed E-state index contributed by atoms with van der Waals surface area (Å²) in [5, 5.41) is 19.1. The van der Waals surface area contributed by atoms with E-state index >= 15 is 0 Å². The average molecular weight is 572 g/mol. The third-order valence-electron chi connectivity index (χ3n) is 7.76. The van der Waals surface area contributed by atoms with Crippen LogP contribution in [0.15, 0.2) is 35.4 Å². The van der Waals surface area contributed by atoms with Gasteiger partial charge in [-0.2, -0.15) is 10.1 Å². The number of aromatic nitrogens is 4. The average Bonchev–Trinajstić information content (AvgIpc) is 3.35. The van der Waals surface area contributed by atoms with Gasteiger partial charge in [-0.15, -0.1) is 0 Å². The second-order valence-corrected chi connectivity index (χ2v) is 12.5. The summed E-state index contributed by atoms with van der Waals surface area (Å²) in [7, 11) is -3.61. The summed E-state index contributed by atoms with van der Waals surface area (Å²) in [6.45, 7) is 7.43. The maximum atomic E-state index is 12.9. The van der Waals surface area contributed by atoms with Crippen molar-refractivity contribution in [2.24, 2.45) is 0 Å². The van der Waals surface area contributed by atoms with Crippen LogP contribution in [0.1, 0.15) is 57.9 Å². The molecule has 11 nitrogen and oxygen atoms in total. The van der Waals surface area contributed by atoms with E-state index < -0.39 is 10.0 Å². The fraction of sp³-hybridized carbons (Fsp3) is 0.607. The van der Waals surface area contributed by atoms with Crippen molar-refractivity contribution in [3.8, 4) is 11.3 Å². The number of anilines is 1.